The maximum atomic E-state index is 13.2. The molecule has 0 aliphatic carbocycles. The number of nitro groups is 1. The van der Waals surface area contributed by atoms with Gasteiger partial charge in [0.2, 0.25) is 5.91 Å². The fourth-order valence-electron chi connectivity index (χ4n) is 3.34. The number of anilines is 1. The fourth-order valence-corrected chi connectivity index (χ4v) is 3.34. The van der Waals surface area contributed by atoms with Crippen LogP contribution in [0.4, 0.5) is 11.4 Å². The lowest BCUT2D eigenvalue weighted by Crippen LogP contribution is -2.46. The maximum absolute atomic E-state index is 13.2. The van der Waals surface area contributed by atoms with E-state index in [0.29, 0.717) is 19.7 Å². The second-order valence-corrected chi connectivity index (χ2v) is 6.76. The lowest BCUT2D eigenvalue weighted by molar-refractivity contribution is -0.384. The summed E-state index contributed by atoms with van der Waals surface area (Å²) in [7, 11) is 0. The van der Waals surface area contributed by atoms with E-state index in [1.807, 2.05) is 37.3 Å². The Bertz CT molecular complexity index is 825. The van der Waals surface area contributed by atoms with Crippen LogP contribution in [0.15, 0.2) is 48.5 Å². The zero-order valence-corrected chi connectivity index (χ0v) is 15.4. The first-order chi connectivity index (χ1) is 13.0. The first-order valence-electron chi connectivity index (χ1n) is 8.92. The largest absolute Gasteiger partial charge is 0.376 e. The van der Waals surface area contributed by atoms with Crippen LogP contribution in [0.25, 0.3) is 0 Å². The molecule has 2 unspecified atom stereocenters. The van der Waals surface area contributed by atoms with Gasteiger partial charge in [0, 0.05) is 19.2 Å². The number of nitrogens with one attached hydrogen (secondary N) is 1. The number of rotatable bonds is 5. The third-order valence-electron chi connectivity index (χ3n) is 4.61. The Balaban J connectivity index is 1.91. The summed E-state index contributed by atoms with van der Waals surface area (Å²) in [5, 5.41) is 14.1. The molecule has 1 aliphatic rings. The van der Waals surface area contributed by atoms with Gasteiger partial charge in [-0.1, -0.05) is 36.4 Å². The number of amides is 1. The summed E-state index contributed by atoms with van der Waals surface area (Å²) in [4.78, 5) is 26.1. The number of morpholine rings is 1. The Morgan fingerprint density at radius 1 is 1.30 bits per heavy atom. The molecule has 1 fully saturated rings. The van der Waals surface area contributed by atoms with Crippen molar-refractivity contribution >= 4 is 17.3 Å². The number of benzene rings is 2. The van der Waals surface area contributed by atoms with Crippen molar-refractivity contribution in [3.63, 3.8) is 0 Å². The monoisotopic (exact) mass is 369 g/mol. The van der Waals surface area contributed by atoms with E-state index in [1.54, 1.807) is 19.1 Å². The van der Waals surface area contributed by atoms with Crippen LogP contribution >= 0.6 is 0 Å². The molecule has 1 heterocycles. The quantitative estimate of drug-likeness (QED) is 0.646. The number of carbonyl (C=O) groups excluding carboxylic acids is 1. The van der Waals surface area contributed by atoms with Crippen molar-refractivity contribution < 1.29 is 14.5 Å². The van der Waals surface area contributed by atoms with E-state index < -0.39 is 11.0 Å². The van der Waals surface area contributed by atoms with E-state index in [9.17, 15) is 14.9 Å². The van der Waals surface area contributed by atoms with Gasteiger partial charge < -0.3 is 10.1 Å². The molecule has 0 radical (unpaired) electrons. The van der Waals surface area contributed by atoms with Crippen molar-refractivity contribution in [3.05, 3.63) is 69.8 Å². The van der Waals surface area contributed by atoms with E-state index in [0.717, 1.165) is 11.1 Å². The van der Waals surface area contributed by atoms with E-state index in [1.165, 1.54) is 6.07 Å². The molecule has 142 valence electrons. The van der Waals surface area contributed by atoms with Crippen LogP contribution in [-0.2, 0) is 9.53 Å². The number of carbonyl (C=O) groups is 1. The van der Waals surface area contributed by atoms with Gasteiger partial charge in [0.05, 0.1) is 17.6 Å². The molecule has 0 aromatic heterocycles. The zero-order valence-electron chi connectivity index (χ0n) is 15.4. The molecule has 2 aromatic rings. The molecule has 1 amide bonds. The van der Waals surface area contributed by atoms with Crippen LogP contribution in [0, 0.1) is 17.0 Å². The summed E-state index contributed by atoms with van der Waals surface area (Å²) >= 11 is 0. The molecule has 1 N–H and O–H groups in total. The highest BCUT2D eigenvalue weighted by Crippen LogP contribution is 2.29. The van der Waals surface area contributed by atoms with Crippen LogP contribution in [0.2, 0.25) is 0 Å². The van der Waals surface area contributed by atoms with Crippen LogP contribution in [-0.4, -0.2) is 41.5 Å². The smallest absolute Gasteiger partial charge is 0.293 e. The standard InChI is InChI=1S/C20H23N3O4/c1-14-8-9-17(18(12-14)23(25)26)21-20(24)19(16-6-4-3-5-7-16)22-10-11-27-15(2)13-22/h3-9,12,15,19H,10-11,13H2,1-2H3,(H,21,24). The van der Waals surface area contributed by atoms with Crippen molar-refractivity contribution in [3.8, 4) is 0 Å². The van der Waals surface area contributed by atoms with Gasteiger partial charge in [0.25, 0.3) is 5.69 Å². The predicted octanol–water partition coefficient (Wildman–Crippen LogP) is 3.30. The van der Waals surface area contributed by atoms with Crippen molar-refractivity contribution in [2.75, 3.05) is 25.0 Å². The van der Waals surface area contributed by atoms with Gasteiger partial charge in [0.15, 0.2) is 0 Å². The third-order valence-corrected chi connectivity index (χ3v) is 4.61. The third kappa shape index (κ3) is 4.50. The normalized spacial score (nSPS) is 18.7. The van der Waals surface area contributed by atoms with Gasteiger partial charge in [-0.3, -0.25) is 19.8 Å². The molecule has 7 nitrogen and oxygen atoms in total. The van der Waals surface area contributed by atoms with Gasteiger partial charge in [-0.05, 0) is 31.0 Å². The van der Waals surface area contributed by atoms with Crippen LogP contribution < -0.4 is 5.32 Å². The highest BCUT2D eigenvalue weighted by molar-refractivity contribution is 5.97. The molecular formula is C20H23N3O4. The van der Waals surface area contributed by atoms with Gasteiger partial charge >= 0.3 is 0 Å². The van der Waals surface area contributed by atoms with Crippen molar-refractivity contribution in [2.45, 2.75) is 26.0 Å². The maximum Gasteiger partial charge on any atom is 0.293 e. The van der Waals surface area contributed by atoms with Crippen LogP contribution in [0.5, 0.6) is 0 Å². The Morgan fingerprint density at radius 3 is 2.70 bits per heavy atom. The van der Waals surface area contributed by atoms with E-state index in [4.69, 9.17) is 4.74 Å². The Morgan fingerprint density at radius 2 is 2.04 bits per heavy atom. The molecule has 7 heteroatoms. The zero-order chi connectivity index (χ0) is 19.4. The fraction of sp³-hybridized carbons (Fsp3) is 0.350. The Labute approximate surface area is 158 Å². The summed E-state index contributed by atoms with van der Waals surface area (Å²) in [5.41, 5.74) is 1.71. The summed E-state index contributed by atoms with van der Waals surface area (Å²) in [6, 6.07) is 13.7. The van der Waals surface area contributed by atoms with Crippen molar-refractivity contribution in [1.29, 1.82) is 0 Å². The number of nitrogens with zero attached hydrogens (tertiary/aromatic N) is 2. The highest BCUT2D eigenvalue weighted by Gasteiger charge is 2.32. The topological polar surface area (TPSA) is 84.7 Å². The highest BCUT2D eigenvalue weighted by atomic mass is 16.6. The summed E-state index contributed by atoms with van der Waals surface area (Å²) in [6.07, 6.45) is 0.0199. The minimum absolute atomic E-state index is 0.0199. The number of hydrogen-bond donors (Lipinski definition) is 1. The number of nitro benzene ring substituents is 1. The lowest BCUT2D eigenvalue weighted by atomic mass is 10.0. The Hall–Kier alpha value is -2.77. The second-order valence-electron chi connectivity index (χ2n) is 6.76. The molecule has 3 rings (SSSR count). The van der Waals surface area contributed by atoms with E-state index >= 15 is 0 Å². The predicted molar refractivity (Wildman–Crippen MR) is 103 cm³/mol. The van der Waals surface area contributed by atoms with Gasteiger partial charge in [-0.25, -0.2) is 0 Å². The minimum Gasteiger partial charge on any atom is -0.376 e. The molecule has 0 bridgehead atoms. The average Bonchev–Trinajstić information content (AvgIpc) is 2.64. The minimum atomic E-state index is -0.543. The second kappa shape index (κ2) is 8.28. The molecule has 1 saturated heterocycles. The van der Waals surface area contributed by atoms with Crippen molar-refractivity contribution in [2.24, 2.45) is 0 Å². The van der Waals surface area contributed by atoms with Crippen molar-refractivity contribution in [1.82, 2.24) is 4.90 Å². The molecule has 0 spiro atoms. The van der Waals surface area contributed by atoms with Crippen LogP contribution in [0.1, 0.15) is 24.1 Å². The SMILES string of the molecule is Cc1ccc(NC(=O)C(c2ccccc2)N2CCOC(C)C2)c([N+](=O)[O-])c1. The van der Waals surface area contributed by atoms with Crippen LogP contribution in [0.3, 0.4) is 0 Å². The molecule has 1 aliphatic heterocycles. The molecule has 27 heavy (non-hydrogen) atoms. The first-order valence-corrected chi connectivity index (χ1v) is 8.92. The van der Waals surface area contributed by atoms with E-state index in [-0.39, 0.29) is 23.4 Å². The number of hydrogen-bond acceptors (Lipinski definition) is 5. The average molecular weight is 369 g/mol. The summed E-state index contributed by atoms with van der Waals surface area (Å²) in [5.74, 6) is -0.290. The first kappa shape index (κ1) is 19.0. The number of ether oxygens (including phenoxy) is 1. The molecule has 2 atom stereocenters. The summed E-state index contributed by atoms with van der Waals surface area (Å²) in [6.45, 7) is 5.52. The lowest BCUT2D eigenvalue weighted by Gasteiger charge is -2.36. The Kier molecular flexibility index (Phi) is 5.83. The van der Waals surface area contributed by atoms with Gasteiger partial charge in [-0.2, -0.15) is 0 Å². The van der Waals surface area contributed by atoms with Gasteiger partial charge in [0.1, 0.15) is 11.7 Å². The molecular weight excluding hydrogens is 346 g/mol. The molecule has 2 aromatic carbocycles. The van der Waals surface area contributed by atoms with E-state index in [2.05, 4.69) is 10.2 Å². The summed E-state index contributed by atoms with van der Waals surface area (Å²) < 4.78 is 5.59. The molecule has 0 saturated carbocycles. The number of aryl methyl sites for hydroxylation is 1. The van der Waals surface area contributed by atoms with Gasteiger partial charge in [-0.15, -0.1) is 0 Å².